The van der Waals surface area contributed by atoms with Crippen LogP contribution in [0.25, 0.3) is 0 Å². The molecule has 62 valence electrons. The zero-order valence-corrected chi connectivity index (χ0v) is 7.75. The van der Waals surface area contributed by atoms with Gasteiger partial charge in [0.1, 0.15) is 0 Å². The Bertz CT molecular complexity index is 161. The van der Waals surface area contributed by atoms with Crippen LogP contribution < -0.4 is 0 Å². The highest BCUT2D eigenvalue weighted by Gasteiger charge is 2.02. The van der Waals surface area contributed by atoms with Crippen LogP contribution in [-0.2, 0) is 4.79 Å². The fraction of sp³-hybridized carbons (Fsp3) is 0.444. The van der Waals surface area contributed by atoms with Crippen LogP contribution in [0.1, 0.15) is 19.8 Å². The average Bonchev–Trinajstić information content (AvgIpc) is 2.03. The summed E-state index contributed by atoms with van der Waals surface area (Å²) in [7, 11) is 0. The van der Waals surface area contributed by atoms with Crippen LogP contribution in [-0.4, -0.2) is 10.9 Å². The second-order valence-corrected chi connectivity index (χ2v) is 3.29. The number of allylic oxidation sites excluding steroid dienone is 1. The van der Waals surface area contributed by atoms with Gasteiger partial charge in [0.05, 0.1) is 0 Å². The van der Waals surface area contributed by atoms with Crippen LogP contribution in [0, 0.1) is 0 Å². The van der Waals surface area contributed by atoms with Gasteiger partial charge in [-0.1, -0.05) is 44.3 Å². The Balaban J connectivity index is 3.52. The molecule has 0 rings (SSSR count). The van der Waals surface area contributed by atoms with Crippen molar-refractivity contribution in [2.75, 3.05) is 5.75 Å². The highest BCUT2D eigenvalue weighted by atomic mass is 32.2. The monoisotopic (exact) mass is 170 g/mol. The zero-order chi connectivity index (χ0) is 8.69. The average molecular weight is 170 g/mol. The van der Waals surface area contributed by atoms with E-state index in [1.807, 2.05) is 0 Å². The molecule has 0 saturated heterocycles. The zero-order valence-electron chi connectivity index (χ0n) is 6.93. The second kappa shape index (κ2) is 6.23. The molecule has 0 N–H and O–H groups in total. The molecule has 0 aromatic carbocycles. The summed E-state index contributed by atoms with van der Waals surface area (Å²) in [4.78, 5) is 11.0. The summed E-state index contributed by atoms with van der Waals surface area (Å²) in [6, 6.07) is 0. The molecule has 0 aromatic rings. The molecule has 0 spiro atoms. The Morgan fingerprint density at radius 3 is 2.73 bits per heavy atom. The van der Waals surface area contributed by atoms with E-state index in [0.29, 0.717) is 5.57 Å². The van der Waals surface area contributed by atoms with Crippen molar-refractivity contribution < 1.29 is 4.79 Å². The molecule has 0 radical (unpaired) electrons. The maximum Gasteiger partial charge on any atom is 0.218 e. The standard InChI is InChI=1S/C9H14OS/c1-4-6-7-11-9(10)8(3)5-2/h5H,2-4,6-7H2,1H3. The van der Waals surface area contributed by atoms with E-state index in [4.69, 9.17) is 0 Å². The van der Waals surface area contributed by atoms with Crippen molar-refractivity contribution in [3.8, 4) is 0 Å². The summed E-state index contributed by atoms with van der Waals surface area (Å²) in [5.74, 6) is 0.891. The first-order chi connectivity index (χ1) is 5.22. The topological polar surface area (TPSA) is 17.1 Å². The number of rotatable bonds is 5. The number of thioether (sulfide) groups is 1. The first kappa shape index (κ1) is 10.5. The van der Waals surface area contributed by atoms with E-state index in [2.05, 4.69) is 20.1 Å². The summed E-state index contributed by atoms with van der Waals surface area (Å²) in [5.41, 5.74) is 0.506. The van der Waals surface area contributed by atoms with Crippen molar-refractivity contribution in [3.05, 3.63) is 24.8 Å². The minimum absolute atomic E-state index is 0.0495. The summed E-state index contributed by atoms with van der Waals surface area (Å²) >= 11 is 1.32. The van der Waals surface area contributed by atoms with Gasteiger partial charge >= 0.3 is 0 Å². The van der Waals surface area contributed by atoms with Gasteiger partial charge in [-0.3, -0.25) is 4.79 Å². The van der Waals surface area contributed by atoms with E-state index in [0.717, 1.165) is 18.6 Å². The van der Waals surface area contributed by atoms with Gasteiger partial charge in [-0.05, 0) is 6.42 Å². The van der Waals surface area contributed by atoms with Gasteiger partial charge in [0.15, 0.2) is 0 Å². The fourth-order valence-electron chi connectivity index (χ4n) is 0.485. The van der Waals surface area contributed by atoms with Crippen molar-refractivity contribution >= 4 is 16.9 Å². The normalized spacial score (nSPS) is 9.18. The quantitative estimate of drug-likeness (QED) is 0.358. The van der Waals surface area contributed by atoms with Gasteiger partial charge in [0, 0.05) is 11.3 Å². The predicted octanol–water partition coefficient (Wildman–Crippen LogP) is 2.79. The maximum absolute atomic E-state index is 11.0. The number of carbonyl (C=O) groups is 1. The highest BCUT2D eigenvalue weighted by Crippen LogP contribution is 2.11. The number of carbonyl (C=O) groups excluding carboxylic acids is 1. The molecule has 0 heterocycles. The lowest BCUT2D eigenvalue weighted by atomic mass is 10.3. The minimum atomic E-state index is 0.0495. The van der Waals surface area contributed by atoms with Crippen molar-refractivity contribution in [1.29, 1.82) is 0 Å². The van der Waals surface area contributed by atoms with Crippen LogP contribution in [0.15, 0.2) is 24.8 Å². The molecule has 2 heteroatoms. The molecular weight excluding hydrogens is 156 g/mol. The first-order valence-electron chi connectivity index (χ1n) is 3.70. The molecule has 0 atom stereocenters. The van der Waals surface area contributed by atoms with E-state index in [1.54, 1.807) is 0 Å². The molecular formula is C9H14OS. The van der Waals surface area contributed by atoms with Gasteiger partial charge in [-0.2, -0.15) is 0 Å². The van der Waals surface area contributed by atoms with Crippen molar-refractivity contribution in [1.82, 2.24) is 0 Å². The SMILES string of the molecule is C=CC(=C)C(=O)SCCCC. The van der Waals surface area contributed by atoms with Gasteiger partial charge in [-0.25, -0.2) is 0 Å². The lowest BCUT2D eigenvalue weighted by Gasteiger charge is -1.97. The Labute approximate surface area is 72.6 Å². The van der Waals surface area contributed by atoms with Gasteiger partial charge in [0.2, 0.25) is 5.12 Å². The largest absolute Gasteiger partial charge is 0.282 e. The molecule has 11 heavy (non-hydrogen) atoms. The van der Waals surface area contributed by atoms with Crippen molar-refractivity contribution in [2.24, 2.45) is 0 Å². The van der Waals surface area contributed by atoms with E-state index < -0.39 is 0 Å². The molecule has 1 nitrogen and oxygen atoms in total. The Morgan fingerprint density at radius 1 is 1.64 bits per heavy atom. The second-order valence-electron chi connectivity index (χ2n) is 2.22. The molecule has 0 aliphatic heterocycles. The van der Waals surface area contributed by atoms with Gasteiger partial charge < -0.3 is 0 Å². The minimum Gasteiger partial charge on any atom is -0.282 e. The number of unbranched alkanes of at least 4 members (excludes halogenated alkanes) is 1. The van der Waals surface area contributed by atoms with E-state index >= 15 is 0 Å². The third kappa shape index (κ3) is 4.85. The Morgan fingerprint density at radius 2 is 2.27 bits per heavy atom. The maximum atomic E-state index is 11.0. The highest BCUT2D eigenvalue weighted by molar-refractivity contribution is 8.14. The van der Waals surface area contributed by atoms with Gasteiger partial charge in [0.25, 0.3) is 0 Å². The molecule has 0 saturated carbocycles. The summed E-state index contributed by atoms with van der Waals surface area (Å²) in [6.45, 7) is 9.14. The van der Waals surface area contributed by atoms with Crippen LogP contribution in [0.2, 0.25) is 0 Å². The summed E-state index contributed by atoms with van der Waals surface area (Å²) < 4.78 is 0. The van der Waals surface area contributed by atoms with E-state index in [1.165, 1.54) is 17.8 Å². The molecule has 0 fully saturated rings. The Hall–Kier alpha value is -0.500. The molecule has 0 bridgehead atoms. The van der Waals surface area contributed by atoms with Gasteiger partial charge in [-0.15, -0.1) is 0 Å². The molecule has 0 aliphatic rings. The van der Waals surface area contributed by atoms with Crippen molar-refractivity contribution in [3.63, 3.8) is 0 Å². The summed E-state index contributed by atoms with van der Waals surface area (Å²) in [5, 5.41) is 0.0495. The number of hydrogen-bond acceptors (Lipinski definition) is 2. The van der Waals surface area contributed by atoms with Crippen LogP contribution >= 0.6 is 11.8 Å². The van der Waals surface area contributed by atoms with Crippen LogP contribution in [0.5, 0.6) is 0 Å². The molecule has 0 aromatic heterocycles. The van der Waals surface area contributed by atoms with E-state index in [9.17, 15) is 4.79 Å². The van der Waals surface area contributed by atoms with Crippen LogP contribution in [0.4, 0.5) is 0 Å². The van der Waals surface area contributed by atoms with E-state index in [-0.39, 0.29) is 5.12 Å². The smallest absolute Gasteiger partial charge is 0.218 e. The van der Waals surface area contributed by atoms with Crippen molar-refractivity contribution in [2.45, 2.75) is 19.8 Å². The molecule has 0 aliphatic carbocycles. The molecule has 0 unspecified atom stereocenters. The number of hydrogen-bond donors (Lipinski definition) is 0. The third-order valence-corrected chi connectivity index (χ3v) is 2.26. The summed E-state index contributed by atoms with van der Waals surface area (Å²) in [6.07, 6.45) is 3.71. The fourth-order valence-corrected chi connectivity index (χ4v) is 1.37. The molecule has 0 amide bonds. The van der Waals surface area contributed by atoms with Crippen LogP contribution in [0.3, 0.4) is 0 Å². The lowest BCUT2D eigenvalue weighted by molar-refractivity contribution is -0.107. The first-order valence-corrected chi connectivity index (χ1v) is 4.69. The predicted molar refractivity (Wildman–Crippen MR) is 51.7 cm³/mol. The lowest BCUT2D eigenvalue weighted by Crippen LogP contribution is -1.93. The third-order valence-electron chi connectivity index (χ3n) is 1.24. The Kier molecular flexibility index (Phi) is 5.94.